The van der Waals surface area contributed by atoms with Crippen LogP contribution in [0.25, 0.3) is 0 Å². The van der Waals surface area contributed by atoms with Gasteiger partial charge in [-0.25, -0.2) is 0 Å². The molecular formula is C16H26Cl4N2. The van der Waals surface area contributed by atoms with Crippen molar-refractivity contribution in [1.29, 1.82) is 0 Å². The van der Waals surface area contributed by atoms with Gasteiger partial charge in [0.15, 0.2) is 0 Å². The van der Waals surface area contributed by atoms with Crippen molar-refractivity contribution in [2.45, 2.75) is 25.8 Å². The van der Waals surface area contributed by atoms with Crippen LogP contribution in [0.15, 0.2) is 24.3 Å². The Hall–Kier alpha value is 0.140. The monoisotopic (exact) mass is 386 g/mol. The quantitative estimate of drug-likeness (QED) is 0.620. The van der Waals surface area contributed by atoms with Gasteiger partial charge in [0.25, 0.3) is 0 Å². The summed E-state index contributed by atoms with van der Waals surface area (Å²) in [6.45, 7) is 5.25. The summed E-state index contributed by atoms with van der Waals surface area (Å²) in [5.41, 5.74) is 2.61. The van der Waals surface area contributed by atoms with Crippen molar-refractivity contribution in [1.82, 2.24) is 4.90 Å². The zero-order valence-electron chi connectivity index (χ0n) is 12.8. The van der Waals surface area contributed by atoms with Crippen molar-refractivity contribution in [3.05, 3.63) is 29.8 Å². The third kappa shape index (κ3) is 7.14. The zero-order chi connectivity index (χ0) is 14.2. The van der Waals surface area contributed by atoms with E-state index < -0.39 is 0 Å². The Bertz CT molecular complexity index is 374. The van der Waals surface area contributed by atoms with Crippen LogP contribution in [0.5, 0.6) is 0 Å². The molecule has 0 unspecified atom stereocenters. The fraction of sp³-hybridized carbons (Fsp3) is 0.625. The van der Waals surface area contributed by atoms with Crippen LogP contribution in [0, 0.1) is 0 Å². The van der Waals surface area contributed by atoms with E-state index >= 15 is 0 Å². The van der Waals surface area contributed by atoms with E-state index in [1.54, 1.807) is 0 Å². The second-order valence-corrected chi connectivity index (χ2v) is 6.12. The van der Waals surface area contributed by atoms with Gasteiger partial charge in [0.05, 0.1) is 0 Å². The summed E-state index contributed by atoms with van der Waals surface area (Å²) in [4.78, 5) is 4.79. The molecule has 1 aliphatic heterocycles. The fourth-order valence-electron chi connectivity index (χ4n) is 2.76. The first-order chi connectivity index (χ1) is 9.83. The Balaban J connectivity index is 0.00000220. The molecule has 0 spiro atoms. The normalized spacial score (nSPS) is 14.8. The largest absolute Gasteiger partial charge is 0.369 e. The molecule has 1 fully saturated rings. The molecule has 0 atom stereocenters. The molecule has 0 N–H and O–H groups in total. The molecule has 0 bridgehead atoms. The zero-order valence-corrected chi connectivity index (χ0v) is 16.0. The molecule has 0 saturated carbocycles. The maximum Gasteiger partial charge on any atom is 0.0399 e. The molecule has 1 heterocycles. The molecular weight excluding hydrogens is 362 g/mol. The average molecular weight is 388 g/mol. The summed E-state index contributed by atoms with van der Waals surface area (Å²) in [6, 6.07) is 8.86. The van der Waals surface area contributed by atoms with Crippen LogP contribution in [0.3, 0.4) is 0 Å². The summed E-state index contributed by atoms with van der Waals surface area (Å²) in [7, 11) is 0. The Labute approximate surface area is 157 Å². The number of benzene rings is 1. The second-order valence-electron chi connectivity index (χ2n) is 5.37. The summed E-state index contributed by atoms with van der Waals surface area (Å²) < 4.78 is 0. The van der Waals surface area contributed by atoms with E-state index in [1.165, 1.54) is 43.6 Å². The van der Waals surface area contributed by atoms with Crippen LogP contribution in [0.4, 0.5) is 5.69 Å². The van der Waals surface area contributed by atoms with Crippen molar-refractivity contribution < 1.29 is 0 Å². The van der Waals surface area contributed by atoms with Gasteiger partial charge in [0.2, 0.25) is 0 Å². The molecule has 1 saturated heterocycles. The number of nitrogens with zero attached hydrogens (tertiary/aromatic N) is 2. The first kappa shape index (κ1) is 22.1. The van der Waals surface area contributed by atoms with Crippen LogP contribution in [0.1, 0.15) is 24.8 Å². The van der Waals surface area contributed by atoms with Gasteiger partial charge in [-0.05, 0) is 43.6 Å². The lowest BCUT2D eigenvalue weighted by Gasteiger charge is -2.27. The molecule has 2 nitrogen and oxygen atoms in total. The highest BCUT2D eigenvalue weighted by Crippen LogP contribution is 2.18. The summed E-state index contributed by atoms with van der Waals surface area (Å²) >= 11 is 11.7. The summed E-state index contributed by atoms with van der Waals surface area (Å²) in [6.07, 6.45) is 4.08. The number of piperidine rings is 1. The molecule has 0 aliphatic carbocycles. The summed E-state index contributed by atoms with van der Waals surface area (Å²) in [5, 5.41) is 0. The lowest BCUT2D eigenvalue weighted by Crippen LogP contribution is -2.29. The van der Waals surface area contributed by atoms with Gasteiger partial charge < -0.3 is 4.90 Å². The van der Waals surface area contributed by atoms with Crippen LogP contribution in [-0.4, -0.2) is 42.8 Å². The minimum atomic E-state index is 0. The van der Waals surface area contributed by atoms with Crippen molar-refractivity contribution in [2.75, 3.05) is 42.8 Å². The second kappa shape index (κ2) is 12.5. The minimum Gasteiger partial charge on any atom is -0.369 e. The van der Waals surface area contributed by atoms with E-state index in [9.17, 15) is 0 Å². The highest BCUT2D eigenvalue weighted by Gasteiger charge is 2.11. The Morgan fingerprint density at radius 1 is 0.864 bits per heavy atom. The number of rotatable bonds is 7. The van der Waals surface area contributed by atoms with Gasteiger partial charge in [-0.15, -0.1) is 48.0 Å². The van der Waals surface area contributed by atoms with Gasteiger partial charge in [-0.1, -0.05) is 18.6 Å². The van der Waals surface area contributed by atoms with Crippen molar-refractivity contribution in [3.63, 3.8) is 0 Å². The molecule has 0 radical (unpaired) electrons. The number of likely N-dealkylation sites (tertiary alicyclic amines) is 1. The SMILES string of the molecule is Cl.Cl.ClCCN(CCCl)c1ccc(CN2CCCCC2)cc1. The van der Waals surface area contributed by atoms with Crippen molar-refractivity contribution in [3.8, 4) is 0 Å². The minimum absolute atomic E-state index is 0. The molecule has 128 valence electrons. The van der Waals surface area contributed by atoms with E-state index in [-0.39, 0.29) is 24.8 Å². The summed E-state index contributed by atoms with van der Waals surface area (Å²) in [5.74, 6) is 1.26. The predicted molar refractivity (Wildman–Crippen MR) is 104 cm³/mol. The lowest BCUT2D eigenvalue weighted by atomic mass is 10.1. The molecule has 1 aromatic carbocycles. The number of hydrogen-bond acceptors (Lipinski definition) is 2. The van der Waals surface area contributed by atoms with E-state index in [0.29, 0.717) is 11.8 Å². The van der Waals surface area contributed by atoms with E-state index in [2.05, 4.69) is 34.1 Å². The van der Waals surface area contributed by atoms with Crippen molar-refractivity contribution in [2.24, 2.45) is 0 Å². The van der Waals surface area contributed by atoms with Crippen LogP contribution < -0.4 is 4.90 Å². The molecule has 22 heavy (non-hydrogen) atoms. The maximum absolute atomic E-state index is 5.85. The predicted octanol–water partition coefficient (Wildman–Crippen LogP) is 4.80. The Morgan fingerprint density at radius 3 is 1.91 bits per heavy atom. The van der Waals surface area contributed by atoms with Gasteiger partial charge in [-0.2, -0.15) is 0 Å². The fourth-order valence-corrected chi connectivity index (χ4v) is 3.17. The smallest absolute Gasteiger partial charge is 0.0399 e. The Kier molecular flexibility index (Phi) is 12.6. The van der Waals surface area contributed by atoms with Gasteiger partial charge in [-0.3, -0.25) is 4.90 Å². The third-order valence-corrected chi connectivity index (χ3v) is 4.20. The number of halogens is 4. The standard InChI is InChI=1S/C16H24Cl2N2.2ClH/c17-8-12-20(13-9-18)16-6-4-15(5-7-16)14-19-10-2-1-3-11-19;;/h4-7H,1-3,8-14H2;2*1H. The average Bonchev–Trinajstić information content (AvgIpc) is 2.49. The van der Waals surface area contributed by atoms with Crippen LogP contribution >= 0.6 is 48.0 Å². The molecule has 0 aromatic heterocycles. The van der Waals surface area contributed by atoms with E-state index in [0.717, 1.165) is 19.6 Å². The first-order valence-electron chi connectivity index (χ1n) is 7.51. The highest BCUT2D eigenvalue weighted by molar-refractivity contribution is 6.18. The highest BCUT2D eigenvalue weighted by atomic mass is 35.5. The lowest BCUT2D eigenvalue weighted by molar-refractivity contribution is 0.221. The van der Waals surface area contributed by atoms with Crippen LogP contribution in [-0.2, 0) is 6.54 Å². The van der Waals surface area contributed by atoms with Gasteiger partial charge >= 0.3 is 0 Å². The molecule has 6 heteroatoms. The van der Waals surface area contributed by atoms with Crippen LogP contribution in [0.2, 0.25) is 0 Å². The molecule has 0 amide bonds. The van der Waals surface area contributed by atoms with Crippen molar-refractivity contribution >= 4 is 53.7 Å². The topological polar surface area (TPSA) is 6.48 Å². The van der Waals surface area contributed by atoms with E-state index in [4.69, 9.17) is 23.2 Å². The molecule has 1 aromatic rings. The maximum atomic E-state index is 5.85. The number of anilines is 1. The van der Waals surface area contributed by atoms with Gasteiger partial charge in [0.1, 0.15) is 0 Å². The third-order valence-electron chi connectivity index (χ3n) is 3.87. The molecule has 2 rings (SSSR count). The number of hydrogen-bond donors (Lipinski definition) is 0. The Morgan fingerprint density at radius 2 is 1.41 bits per heavy atom. The number of alkyl halides is 2. The van der Waals surface area contributed by atoms with Gasteiger partial charge in [0, 0.05) is 37.1 Å². The van der Waals surface area contributed by atoms with E-state index in [1.807, 2.05) is 0 Å². The first-order valence-corrected chi connectivity index (χ1v) is 8.58. The molecule has 1 aliphatic rings.